The van der Waals surface area contributed by atoms with Crippen molar-refractivity contribution in [3.63, 3.8) is 0 Å². The molecular formula is C26H28Cl2O3. The number of carbonyl (C=O) groups excluding carboxylic acids is 1. The number of hydrogen-bond acceptors (Lipinski definition) is 3. The predicted octanol–water partition coefficient (Wildman–Crippen LogP) is 7.29. The van der Waals surface area contributed by atoms with Gasteiger partial charge in [0.25, 0.3) is 0 Å². The number of hydrogen-bond donors (Lipinski definition) is 1. The van der Waals surface area contributed by atoms with Crippen LogP contribution in [-0.2, 0) is 5.41 Å². The van der Waals surface area contributed by atoms with Crippen LogP contribution in [0.25, 0.3) is 11.1 Å². The molecule has 0 saturated heterocycles. The molecule has 5 rings (SSSR count). The highest BCUT2D eigenvalue weighted by atomic mass is 35.5. The van der Waals surface area contributed by atoms with Crippen LogP contribution in [0, 0.1) is 23.7 Å². The number of aromatic hydroxyl groups is 1. The third-order valence-electron chi connectivity index (χ3n) is 8.27. The van der Waals surface area contributed by atoms with Crippen molar-refractivity contribution in [3.05, 3.63) is 45.4 Å². The van der Waals surface area contributed by atoms with E-state index in [1.165, 1.54) is 19.3 Å². The minimum Gasteiger partial charge on any atom is -0.507 e. The Bertz CT molecular complexity index is 1070. The zero-order chi connectivity index (χ0) is 22.1. The van der Waals surface area contributed by atoms with Gasteiger partial charge in [0.15, 0.2) is 5.78 Å². The Morgan fingerprint density at radius 2 is 1.84 bits per heavy atom. The molecule has 0 aliphatic heterocycles. The van der Waals surface area contributed by atoms with E-state index in [9.17, 15) is 9.90 Å². The minimum atomic E-state index is -0.111. The van der Waals surface area contributed by atoms with Crippen LogP contribution < -0.4 is 4.74 Å². The number of methoxy groups -OCH3 is 1. The molecule has 2 aromatic rings. The van der Waals surface area contributed by atoms with Crippen LogP contribution in [0.1, 0.15) is 61.9 Å². The van der Waals surface area contributed by atoms with Gasteiger partial charge in [-0.1, -0.05) is 49.9 Å². The highest BCUT2D eigenvalue weighted by molar-refractivity contribution is 6.44. The maximum Gasteiger partial charge on any atom is 0.166 e. The number of benzene rings is 2. The van der Waals surface area contributed by atoms with Gasteiger partial charge in [0.1, 0.15) is 11.5 Å². The summed E-state index contributed by atoms with van der Waals surface area (Å²) in [5.74, 6) is 2.47. The molecule has 1 N–H and O–H groups in total. The summed E-state index contributed by atoms with van der Waals surface area (Å²) in [5, 5.41) is 11.7. The van der Waals surface area contributed by atoms with E-state index < -0.39 is 0 Å². The molecule has 2 aromatic carbocycles. The van der Waals surface area contributed by atoms with Crippen LogP contribution >= 0.6 is 23.2 Å². The number of ketones is 1. The molecule has 2 fully saturated rings. The largest absolute Gasteiger partial charge is 0.507 e. The second kappa shape index (κ2) is 7.42. The standard InChI is InChI=1S/C26H28Cl2O3/c1-13-23-15(8-14-4-5-14)6-7-26(13,2)20-12-22(29)17(11-19(20)25(23)30)18-9-16(31-3)10-21(27)24(18)28/h9-15,23,29H,4-8H2,1-3H3/t13-,15?,23+,26-/m0/s1. The van der Waals surface area contributed by atoms with Gasteiger partial charge in [0.2, 0.25) is 0 Å². The van der Waals surface area contributed by atoms with Crippen molar-refractivity contribution in [1.29, 1.82) is 0 Å². The van der Waals surface area contributed by atoms with Crippen molar-refractivity contribution in [1.82, 2.24) is 0 Å². The Kier molecular flexibility index (Phi) is 5.06. The summed E-state index contributed by atoms with van der Waals surface area (Å²) in [6.45, 7) is 4.49. The van der Waals surface area contributed by atoms with Gasteiger partial charge in [-0.15, -0.1) is 0 Å². The summed E-state index contributed by atoms with van der Waals surface area (Å²) in [6.07, 6.45) is 5.94. The molecule has 2 saturated carbocycles. The third kappa shape index (κ3) is 3.27. The first kappa shape index (κ1) is 21.2. The van der Waals surface area contributed by atoms with E-state index in [0.29, 0.717) is 32.8 Å². The fraction of sp³-hybridized carbons (Fsp3) is 0.500. The normalized spacial score (nSPS) is 29.6. The molecule has 0 spiro atoms. The zero-order valence-corrected chi connectivity index (χ0v) is 19.7. The Morgan fingerprint density at radius 1 is 1.10 bits per heavy atom. The predicted molar refractivity (Wildman–Crippen MR) is 125 cm³/mol. The van der Waals surface area contributed by atoms with E-state index in [1.54, 1.807) is 25.3 Å². The molecule has 3 aliphatic carbocycles. The average Bonchev–Trinajstić information content (AvgIpc) is 3.56. The van der Waals surface area contributed by atoms with Crippen molar-refractivity contribution in [3.8, 4) is 22.6 Å². The van der Waals surface area contributed by atoms with Crippen LogP contribution in [0.15, 0.2) is 24.3 Å². The summed E-state index contributed by atoms with van der Waals surface area (Å²) in [6, 6.07) is 7.02. The summed E-state index contributed by atoms with van der Waals surface area (Å²) in [5.41, 5.74) is 2.68. The van der Waals surface area contributed by atoms with Gasteiger partial charge in [-0.2, -0.15) is 0 Å². The van der Waals surface area contributed by atoms with Gasteiger partial charge in [-0.3, -0.25) is 4.79 Å². The van der Waals surface area contributed by atoms with Gasteiger partial charge in [-0.25, -0.2) is 0 Å². The molecule has 5 heteroatoms. The number of phenols is 1. The smallest absolute Gasteiger partial charge is 0.166 e. The molecule has 31 heavy (non-hydrogen) atoms. The van der Waals surface area contributed by atoms with E-state index in [-0.39, 0.29) is 28.8 Å². The van der Waals surface area contributed by atoms with E-state index >= 15 is 0 Å². The first-order valence-corrected chi connectivity index (χ1v) is 11.9. The first-order chi connectivity index (χ1) is 14.7. The van der Waals surface area contributed by atoms with Crippen molar-refractivity contribution < 1.29 is 14.6 Å². The number of Topliss-reactive ketones (excluding diaryl/α,β-unsaturated/α-hetero) is 1. The fourth-order valence-corrected chi connectivity index (χ4v) is 6.52. The van der Waals surface area contributed by atoms with E-state index in [2.05, 4.69) is 13.8 Å². The first-order valence-electron chi connectivity index (χ1n) is 11.2. The van der Waals surface area contributed by atoms with Crippen LogP contribution in [-0.4, -0.2) is 18.0 Å². The van der Waals surface area contributed by atoms with Crippen molar-refractivity contribution in [2.75, 3.05) is 7.11 Å². The molecule has 164 valence electrons. The highest BCUT2D eigenvalue weighted by Gasteiger charge is 2.53. The fourth-order valence-electron chi connectivity index (χ4n) is 6.10. The van der Waals surface area contributed by atoms with E-state index in [1.807, 2.05) is 6.07 Å². The molecule has 0 aromatic heterocycles. The monoisotopic (exact) mass is 458 g/mol. The Labute approximate surface area is 193 Å². The van der Waals surface area contributed by atoms with Gasteiger partial charge in [0.05, 0.1) is 17.2 Å². The van der Waals surface area contributed by atoms with Gasteiger partial charge in [0, 0.05) is 28.7 Å². The molecule has 1 unspecified atom stereocenters. The third-order valence-corrected chi connectivity index (χ3v) is 9.07. The lowest BCUT2D eigenvalue weighted by molar-refractivity contribution is 0.0434. The topological polar surface area (TPSA) is 46.5 Å². The van der Waals surface area contributed by atoms with E-state index in [0.717, 1.165) is 29.9 Å². The molecule has 3 nitrogen and oxygen atoms in total. The second-order valence-electron chi connectivity index (χ2n) is 9.96. The van der Waals surface area contributed by atoms with Crippen LogP contribution in [0.4, 0.5) is 0 Å². The average molecular weight is 459 g/mol. The van der Waals surface area contributed by atoms with Gasteiger partial charge < -0.3 is 9.84 Å². The lowest BCUT2D eigenvalue weighted by Gasteiger charge is -2.52. The number of ether oxygens (including phenoxy) is 1. The summed E-state index contributed by atoms with van der Waals surface area (Å²) >= 11 is 12.8. The van der Waals surface area contributed by atoms with E-state index in [4.69, 9.17) is 27.9 Å². The number of halogens is 2. The van der Waals surface area contributed by atoms with Crippen molar-refractivity contribution in [2.45, 2.75) is 51.4 Å². The molecule has 4 atom stereocenters. The van der Waals surface area contributed by atoms with Crippen LogP contribution in [0.5, 0.6) is 11.5 Å². The summed E-state index contributed by atoms with van der Waals surface area (Å²) in [7, 11) is 1.56. The van der Waals surface area contributed by atoms with Gasteiger partial charge in [-0.05, 0) is 66.2 Å². The van der Waals surface area contributed by atoms with Crippen molar-refractivity contribution in [2.24, 2.45) is 23.7 Å². The summed E-state index contributed by atoms with van der Waals surface area (Å²) < 4.78 is 5.34. The number of fused-ring (bicyclic) bond motifs is 4. The number of phenolic OH excluding ortho intramolecular Hbond substituents is 1. The number of carbonyl (C=O) groups is 1. The minimum absolute atomic E-state index is 0.0496. The molecular weight excluding hydrogens is 431 g/mol. The maximum atomic E-state index is 13.8. The molecule has 0 heterocycles. The number of rotatable bonds is 4. The quantitative estimate of drug-likeness (QED) is 0.522. The zero-order valence-electron chi connectivity index (χ0n) is 18.2. The Balaban J connectivity index is 1.65. The lowest BCUT2D eigenvalue weighted by atomic mass is 9.51. The summed E-state index contributed by atoms with van der Waals surface area (Å²) in [4.78, 5) is 13.8. The Morgan fingerprint density at radius 3 is 2.52 bits per heavy atom. The molecule has 0 amide bonds. The van der Waals surface area contributed by atoms with Crippen LogP contribution in [0.3, 0.4) is 0 Å². The highest BCUT2D eigenvalue weighted by Crippen LogP contribution is 2.57. The lowest BCUT2D eigenvalue weighted by Crippen LogP contribution is -2.51. The van der Waals surface area contributed by atoms with Crippen LogP contribution in [0.2, 0.25) is 10.0 Å². The maximum absolute atomic E-state index is 13.8. The van der Waals surface area contributed by atoms with Gasteiger partial charge >= 0.3 is 0 Å². The second-order valence-corrected chi connectivity index (χ2v) is 10.7. The SMILES string of the molecule is COc1cc(Cl)c(Cl)c(-c2cc3c(cc2O)[C@@]2(C)CCC(CC4CC4)[C@H](C3=O)[C@@H]2C)c1. The Hall–Kier alpha value is -1.71. The van der Waals surface area contributed by atoms with Crippen molar-refractivity contribution >= 4 is 29.0 Å². The molecule has 2 bridgehead atoms. The molecule has 0 radical (unpaired) electrons. The molecule has 3 aliphatic rings.